The molecule has 0 aliphatic heterocycles. The minimum absolute atomic E-state index is 0.0999. The number of benzene rings is 1. The lowest BCUT2D eigenvalue weighted by atomic mass is 9.80. The first kappa shape index (κ1) is 13.8. The van der Waals surface area contributed by atoms with Gasteiger partial charge in [0.15, 0.2) is 0 Å². The summed E-state index contributed by atoms with van der Waals surface area (Å²) >= 11 is 1.83. The molecule has 1 heterocycles. The van der Waals surface area contributed by atoms with Gasteiger partial charge in [-0.1, -0.05) is 30.7 Å². The lowest BCUT2D eigenvalue weighted by Gasteiger charge is -2.26. The molecule has 106 valence electrons. The minimum Gasteiger partial charge on any atom is -0.271 e. The van der Waals surface area contributed by atoms with Gasteiger partial charge in [0, 0.05) is 9.75 Å². The molecule has 2 aromatic rings. The van der Waals surface area contributed by atoms with Crippen LogP contribution < -0.4 is 11.3 Å². The van der Waals surface area contributed by atoms with Crippen molar-refractivity contribution >= 4 is 11.3 Å². The van der Waals surface area contributed by atoms with E-state index in [2.05, 4.69) is 49.6 Å². The van der Waals surface area contributed by atoms with Crippen LogP contribution in [0.4, 0.5) is 0 Å². The Morgan fingerprint density at radius 2 is 1.90 bits per heavy atom. The van der Waals surface area contributed by atoms with E-state index < -0.39 is 0 Å². The summed E-state index contributed by atoms with van der Waals surface area (Å²) in [4.78, 5) is 2.66. The summed E-state index contributed by atoms with van der Waals surface area (Å²) in [5.41, 5.74) is 7.03. The van der Waals surface area contributed by atoms with E-state index in [1.165, 1.54) is 45.7 Å². The molecule has 1 aromatic heterocycles. The second-order valence-electron chi connectivity index (χ2n) is 5.78. The molecule has 0 radical (unpaired) electrons. The molecule has 1 aliphatic carbocycles. The number of hydrogen-bond donors (Lipinski definition) is 2. The predicted octanol–water partition coefficient (Wildman–Crippen LogP) is 4.19. The Morgan fingerprint density at radius 3 is 2.35 bits per heavy atom. The Balaban J connectivity index is 1.85. The van der Waals surface area contributed by atoms with Crippen LogP contribution in [0.15, 0.2) is 30.3 Å². The maximum atomic E-state index is 5.79. The molecular weight excluding hydrogens is 264 g/mol. The number of thiophene rings is 1. The Hall–Kier alpha value is -1.16. The fourth-order valence-corrected chi connectivity index (χ4v) is 3.92. The maximum absolute atomic E-state index is 5.79. The molecule has 1 aromatic carbocycles. The van der Waals surface area contributed by atoms with Gasteiger partial charge < -0.3 is 0 Å². The third kappa shape index (κ3) is 2.53. The second kappa shape index (κ2) is 5.68. The summed E-state index contributed by atoms with van der Waals surface area (Å²) in [6.07, 6.45) is 4.08. The molecule has 0 amide bonds. The van der Waals surface area contributed by atoms with E-state index in [1.54, 1.807) is 0 Å². The minimum atomic E-state index is 0.0999. The van der Waals surface area contributed by atoms with Gasteiger partial charge in [-0.2, -0.15) is 0 Å². The zero-order valence-electron chi connectivity index (χ0n) is 12.1. The van der Waals surface area contributed by atoms with Crippen molar-refractivity contribution in [2.45, 2.75) is 45.1 Å². The van der Waals surface area contributed by atoms with E-state index in [0.717, 1.165) is 5.92 Å². The fourth-order valence-electron chi connectivity index (χ4n) is 2.79. The molecule has 2 nitrogen and oxygen atoms in total. The van der Waals surface area contributed by atoms with Crippen molar-refractivity contribution in [3.63, 3.8) is 0 Å². The molecule has 20 heavy (non-hydrogen) atoms. The van der Waals surface area contributed by atoms with Crippen LogP contribution in [0, 0.1) is 13.8 Å². The van der Waals surface area contributed by atoms with Gasteiger partial charge in [0.05, 0.1) is 6.04 Å². The molecule has 3 heteroatoms. The second-order valence-corrected chi connectivity index (χ2v) is 7.07. The van der Waals surface area contributed by atoms with Crippen LogP contribution in [0.5, 0.6) is 0 Å². The normalized spacial score (nSPS) is 16.9. The molecule has 1 aliphatic rings. The Labute approximate surface area is 125 Å². The van der Waals surface area contributed by atoms with Gasteiger partial charge in [-0.25, -0.2) is 5.43 Å². The lowest BCUT2D eigenvalue weighted by Crippen LogP contribution is -2.28. The van der Waals surface area contributed by atoms with E-state index in [1.807, 2.05) is 11.3 Å². The fraction of sp³-hybridized carbons (Fsp3) is 0.412. The van der Waals surface area contributed by atoms with E-state index in [0.29, 0.717) is 0 Å². The van der Waals surface area contributed by atoms with Gasteiger partial charge in [0.2, 0.25) is 0 Å². The summed E-state index contributed by atoms with van der Waals surface area (Å²) in [6.45, 7) is 4.32. The SMILES string of the molecule is Cc1cc(C(NN)c2ccc(C3CCC3)cc2)sc1C. The smallest absolute Gasteiger partial charge is 0.0802 e. The molecule has 1 atom stereocenters. The van der Waals surface area contributed by atoms with Crippen LogP contribution in [-0.4, -0.2) is 0 Å². The zero-order chi connectivity index (χ0) is 14.1. The number of rotatable bonds is 4. The van der Waals surface area contributed by atoms with Gasteiger partial charge in [0.25, 0.3) is 0 Å². The molecule has 1 unspecified atom stereocenters. The van der Waals surface area contributed by atoms with Crippen molar-refractivity contribution in [3.8, 4) is 0 Å². The number of nitrogens with one attached hydrogen (secondary N) is 1. The highest BCUT2D eigenvalue weighted by molar-refractivity contribution is 7.12. The summed E-state index contributed by atoms with van der Waals surface area (Å²) in [6, 6.07) is 11.3. The largest absolute Gasteiger partial charge is 0.271 e. The van der Waals surface area contributed by atoms with E-state index in [9.17, 15) is 0 Å². The average molecular weight is 286 g/mol. The predicted molar refractivity (Wildman–Crippen MR) is 86.0 cm³/mol. The molecule has 0 spiro atoms. The molecule has 3 N–H and O–H groups in total. The molecule has 1 fully saturated rings. The zero-order valence-corrected chi connectivity index (χ0v) is 13.0. The first-order valence-corrected chi connectivity index (χ1v) is 8.13. The lowest BCUT2D eigenvalue weighted by molar-refractivity contribution is 0.419. The number of aryl methyl sites for hydroxylation is 2. The highest BCUT2D eigenvalue weighted by Crippen LogP contribution is 2.37. The van der Waals surface area contributed by atoms with Crippen molar-refractivity contribution in [1.29, 1.82) is 0 Å². The van der Waals surface area contributed by atoms with Gasteiger partial charge in [-0.15, -0.1) is 11.3 Å². The molecule has 3 rings (SSSR count). The average Bonchev–Trinajstić information content (AvgIpc) is 2.70. The van der Waals surface area contributed by atoms with Gasteiger partial charge in [0.1, 0.15) is 0 Å². The van der Waals surface area contributed by atoms with Crippen LogP contribution in [0.3, 0.4) is 0 Å². The van der Waals surface area contributed by atoms with Gasteiger partial charge >= 0.3 is 0 Å². The first-order valence-electron chi connectivity index (χ1n) is 7.32. The Bertz CT molecular complexity index is 562. The number of nitrogens with two attached hydrogens (primary N) is 1. The van der Waals surface area contributed by atoms with Gasteiger partial charge in [-0.3, -0.25) is 5.84 Å². The van der Waals surface area contributed by atoms with Crippen LogP contribution in [0.1, 0.15) is 57.7 Å². The van der Waals surface area contributed by atoms with Crippen LogP contribution in [-0.2, 0) is 0 Å². The van der Waals surface area contributed by atoms with E-state index in [4.69, 9.17) is 5.84 Å². The molecule has 1 saturated carbocycles. The van der Waals surface area contributed by atoms with Gasteiger partial charge in [-0.05, 0) is 55.4 Å². The number of hydrazine groups is 1. The Kier molecular flexibility index (Phi) is 3.92. The van der Waals surface area contributed by atoms with Crippen molar-refractivity contribution in [3.05, 3.63) is 56.8 Å². The highest BCUT2D eigenvalue weighted by Gasteiger charge is 2.20. The summed E-state index contributed by atoms with van der Waals surface area (Å²) in [7, 11) is 0. The van der Waals surface area contributed by atoms with E-state index in [-0.39, 0.29) is 6.04 Å². The monoisotopic (exact) mass is 286 g/mol. The number of hydrogen-bond acceptors (Lipinski definition) is 3. The van der Waals surface area contributed by atoms with Crippen molar-refractivity contribution < 1.29 is 0 Å². The van der Waals surface area contributed by atoms with Crippen LogP contribution in [0.25, 0.3) is 0 Å². The van der Waals surface area contributed by atoms with E-state index >= 15 is 0 Å². The summed E-state index contributed by atoms with van der Waals surface area (Å²) < 4.78 is 0. The topological polar surface area (TPSA) is 38.0 Å². The van der Waals surface area contributed by atoms with Crippen molar-refractivity contribution in [2.75, 3.05) is 0 Å². The molecule has 0 saturated heterocycles. The maximum Gasteiger partial charge on any atom is 0.0802 e. The Morgan fingerprint density at radius 1 is 1.20 bits per heavy atom. The highest BCUT2D eigenvalue weighted by atomic mass is 32.1. The molecule has 0 bridgehead atoms. The summed E-state index contributed by atoms with van der Waals surface area (Å²) in [5, 5.41) is 0. The van der Waals surface area contributed by atoms with Crippen LogP contribution in [0.2, 0.25) is 0 Å². The summed E-state index contributed by atoms with van der Waals surface area (Å²) in [5.74, 6) is 6.58. The first-order chi connectivity index (χ1) is 9.69. The van der Waals surface area contributed by atoms with Crippen LogP contribution >= 0.6 is 11.3 Å². The quantitative estimate of drug-likeness (QED) is 0.653. The van der Waals surface area contributed by atoms with Crippen molar-refractivity contribution in [2.24, 2.45) is 5.84 Å². The third-order valence-corrected chi connectivity index (χ3v) is 5.70. The van der Waals surface area contributed by atoms with Crippen molar-refractivity contribution in [1.82, 2.24) is 5.43 Å². The third-order valence-electron chi connectivity index (χ3n) is 4.48. The molecular formula is C17H22N2S. The standard InChI is InChI=1S/C17H22N2S/c1-11-10-16(20-12(11)2)17(19-18)15-8-6-14(7-9-15)13-4-3-5-13/h6-10,13,17,19H,3-5,18H2,1-2H3.